The predicted molar refractivity (Wildman–Crippen MR) is 84.1 cm³/mol. The third kappa shape index (κ3) is 3.18. The van der Waals surface area contributed by atoms with E-state index in [1.54, 1.807) is 24.8 Å². The first kappa shape index (κ1) is 14.7. The number of ether oxygens (including phenoxy) is 1. The van der Waals surface area contributed by atoms with E-state index in [4.69, 9.17) is 4.74 Å². The first-order valence-electron chi connectivity index (χ1n) is 6.98. The fraction of sp³-hybridized carbons (Fsp3) is 0.357. The number of hydrogen-bond donors (Lipinski definition) is 2. The van der Waals surface area contributed by atoms with E-state index in [1.165, 1.54) is 0 Å². The van der Waals surface area contributed by atoms with Crippen LogP contribution in [-0.2, 0) is 17.7 Å². The van der Waals surface area contributed by atoms with Crippen LogP contribution >= 0.6 is 11.3 Å². The Morgan fingerprint density at radius 2 is 2.45 bits per heavy atom. The van der Waals surface area contributed by atoms with Crippen molar-refractivity contribution in [2.45, 2.75) is 13.0 Å². The van der Waals surface area contributed by atoms with Gasteiger partial charge in [-0.15, -0.1) is 21.5 Å². The number of fused-ring (bicyclic) bond motifs is 1. The number of thiophene rings is 1. The first-order chi connectivity index (χ1) is 10.8. The molecule has 0 aliphatic rings. The number of rotatable bonds is 7. The molecule has 0 atom stereocenters. The van der Waals surface area contributed by atoms with Crippen molar-refractivity contribution >= 4 is 27.5 Å². The van der Waals surface area contributed by atoms with Crippen LogP contribution in [0.15, 0.2) is 23.8 Å². The summed E-state index contributed by atoms with van der Waals surface area (Å²) < 4.78 is 8.06. The fourth-order valence-electron chi connectivity index (χ4n) is 2.20. The molecule has 1 amide bonds. The minimum Gasteiger partial charge on any atom is -0.383 e. The zero-order valence-electron chi connectivity index (χ0n) is 12.2. The molecule has 0 spiro atoms. The molecule has 0 saturated heterocycles. The molecule has 0 aliphatic heterocycles. The van der Waals surface area contributed by atoms with Crippen LogP contribution in [0.1, 0.15) is 16.3 Å². The number of nitrogens with one attached hydrogen (secondary N) is 2. The average Bonchev–Trinajstić information content (AvgIpc) is 3.20. The minimum atomic E-state index is -0.105. The normalized spacial score (nSPS) is 11.1. The molecule has 3 aromatic rings. The van der Waals surface area contributed by atoms with Crippen molar-refractivity contribution in [1.82, 2.24) is 25.1 Å². The van der Waals surface area contributed by atoms with Gasteiger partial charge in [-0.3, -0.25) is 4.79 Å². The summed E-state index contributed by atoms with van der Waals surface area (Å²) in [6.45, 7) is 1.83. The molecule has 0 radical (unpaired) electrons. The molecule has 7 nitrogen and oxygen atoms in total. The molecule has 0 aromatic carbocycles. The molecule has 22 heavy (non-hydrogen) atoms. The van der Waals surface area contributed by atoms with Crippen molar-refractivity contribution in [3.8, 4) is 0 Å². The number of aromatic amines is 1. The Morgan fingerprint density at radius 1 is 1.55 bits per heavy atom. The molecule has 0 unspecified atom stereocenters. The van der Waals surface area contributed by atoms with E-state index in [2.05, 4.69) is 20.5 Å². The molecular formula is C14H17N5O2S. The summed E-state index contributed by atoms with van der Waals surface area (Å²) in [4.78, 5) is 15.2. The number of H-pyrrole nitrogens is 1. The molecule has 0 aliphatic carbocycles. The van der Waals surface area contributed by atoms with Gasteiger partial charge in [-0.25, -0.2) is 0 Å². The Kier molecular flexibility index (Phi) is 4.50. The van der Waals surface area contributed by atoms with E-state index in [-0.39, 0.29) is 5.91 Å². The number of aromatic nitrogens is 4. The quantitative estimate of drug-likeness (QED) is 0.690. The number of carbonyl (C=O) groups is 1. The summed E-state index contributed by atoms with van der Waals surface area (Å²) >= 11 is 1.61. The van der Waals surface area contributed by atoms with Gasteiger partial charge in [0.1, 0.15) is 17.8 Å². The monoisotopic (exact) mass is 319 g/mol. The standard InChI is InChI=1S/C14H17N5O2S/c1-21-6-5-19-9-16-18-13(19)2-4-15-14(20)11-8-12-10(17-11)3-7-22-12/h3,7-9,17H,2,4-6H2,1H3,(H,15,20). The van der Waals surface area contributed by atoms with E-state index in [0.29, 0.717) is 31.8 Å². The van der Waals surface area contributed by atoms with Gasteiger partial charge in [0.25, 0.3) is 5.91 Å². The maximum absolute atomic E-state index is 12.1. The maximum atomic E-state index is 12.1. The van der Waals surface area contributed by atoms with Crippen LogP contribution in [0.2, 0.25) is 0 Å². The van der Waals surface area contributed by atoms with Gasteiger partial charge < -0.3 is 19.6 Å². The highest BCUT2D eigenvalue weighted by molar-refractivity contribution is 7.17. The Balaban J connectivity index is 1.53. The summed E-state index contributed by atoms with van der Waals surface area (Å²) in [6, 6.07) is 3.84. The SMILES string of the molecule is COCCn1cnnc1CCNC(=O)c1cc2sccc2[nH]1. The topological polar surface area (TPSA) is 84.8 Å². The molecule has 3 aromatic heterocycles. The summed E-state index contributed by atoms with van der Waals surface area (Å²) in [6.07, 6.45) is 2.31. The van der Waals surface area contributed by atoms with Gasteiger partial charge in [0.15, 0.2) is 0 Å². The number of methoxy groups -OCH3 is 1. The molecule has 0 bridgehead atoms. The molecule has 0 fully saturated rings. The highest BCUT2D eigenvalue weighted by atomic mass is 32.1. The van der Waals surface area contributed by atoms with Crippen LogP contribution < -0.4 is 5.32 Å². The molecule has 3 heterocycles. The second-order valence-electron chi connectivity index (χ2n) is 4.82. The van der Waals surface area contributed by atoms with Gasteiger partial charge in [-0.1, -0.05) is 0 Å². The van der Waals surface area contributed by atoms with Crippen LogP contribution in [0.5, 0.6) is 0 Å². The number of amides is 1. The van der Waals surface area contributed by atoms with E-state index >= 15 is 0 Å². The van der Waals surface area contributed by atoms with Gasteiger partial charge >= 0.3 is 0 Å². The molecule has 116 valence electrons. The Hall–Kier alpha value is -2.19. The summed E-state index contributed by atoms with van der Waals surface area (Å²) in [5.41, 5.74) is 1.58. The first-order valence-corrected chi connectivity index (χ1v) is 7.86. The number of nitrogens with zero attached hydrogens (tertiary/aromatic N) is 3. The van der Waals surface area contributed by atoms with Crippen LogP contribution in [-0.4, -0.2) is 45.9 Å². The lowest BCUT2D eigenvalue weighted by Gasteiger charge is -2.06. The van der Waals surface area contributed by atoms with Crippen molar-refractivity contribution in [2.75, 3.05) is 20.3 Å². The second-order valence-corrected chi connectivity index (χ2v) is 5.77. The largest absolute Gasteiger partial charge is 0.383 e. The molecule has 3 rings (SSSR count). The molecule has 2 N–H and O–H groups in total. The Labute approximate surface area is 131 Å². The summed E-state index contributed by atoms with van der Waals surface area (Å²) in [5.74, 6) is 0.733. The van der Waals surface area contributed by atoms with Crippen LogP contribution in [0.25, 0.3) is 10.2 Å². The van der Waals surface area contributed by atoms with E-state index in [9.17, 15) is 4.79 Å². The predicted octanol–water partition coefficient (Wildman–Crippen LogP) is 1.44. The van der Waals surface area contributed by atoms with E-state index in [1.807, 2.05) is 22.1 Å². The average molecular weight is 319 g/mol. The van der Waals surface area contributed by atoms with Crippen molar-refractivity contribution in [3.63, 3.8) is 0 Å². The van der Waals surface area contributed by atoms with Crippen molar-refractivity contribution < 1.29 is 9.53 Å². The van der Waals surface area contributed by atoms with Crippen molar-refractivity contribution in [2.24, 2.45) is 0 Å². The summed E-state index contributed by atoms with van der Waals surface area (Å²) in [7, 11) is 1.66. The Bertz CT molecular complexity index is 732. The fourth-order valence-corrected chi connectivity index (χ4v) is 2.99. The number of hydrogen-bond acceptors (Lipinski definition) is 5. The lowest BCUT2D eigenvalue weighted by atomic mass is 10.3. The van der Waals surface area contributed by atoms with E-state index < -0.39 is 0 Å². The lowest BCUT2D eigenvalue weighted by molar-refractivity contribution is 0.0949. The van der Waals surface area contributed by atoms with Gasteiger partial charge in [0.05, 0.1) is 16.8 Å². The zero-order chi connectivity index (χ0) is 15.4. The molecule has 0 saturated carbocycles. The lowest BCUT2D eigenvalue weighted by Crippen LogP contribution is -2.26. The third-order valence-electron chi connectivity index (χ3n) is 3.35. The minimum absolute atomic E-state index is 0.105. The van der Waals surface area contributed by atoms with Gasteiger partial charge in [0, 0.05) is 26.6 Å². The van der Waals surface area contributed by atoms with Crippen LogP contribution in [0, 0.1) is 0 Å². The van der Waals surface area contributed by atoms with E-state index in [0.717, 1.165) is 16.0 Å². The number of carbonyl (C=O) groups excluding carboxylic acids is 1. The Morgan fingerprint density at radius 3 is 3.27 bits per heavy atom. The smallest absolute Gasteiger partial charge is 0.267 e. The molecular weight excluding hydrogens is 302 g/mol. The third-order valence-corrected chi connectivity index (χ3v) is 4.21. The summed E-state index contributed by atoms with van der Waals surface area (Å²) in [5, 5.41) is 12.8. The van der Waals surface area contributed by atoms with Gasteiger partial charge in [-0.05, 0) is 17.5 Å². The second kappa shape index (κ2) is 6.71. The highest BCUT2D eigenvalue weighted by Gasteiger charge is 2.10. The van der Waals surface area contributed by atoms with Crippen LogP contribution in [0.4, 0.5) is 0 Å². The highest BCUT2D eigenvalue weighted by Crippen LogP contribution is 2.21. The van der Waals surface area contributed by atoms with Crippen molar-refractivity contribution in [1.29, 1.82) is 0 Å². The van der Waals surface area contributed by atoms with Gasteiger partial charge in [0.2, 0.25) is 0 Å². The zero-order valence-corrected chi connectivity index (χ0v) is 13.0. The maximum Gasteiger partial charge on any atom is 0.267 e. The van der Waals surface area contributed by atoms with Gasteiger partial charge in [-0.2, -0.15) is 0 Å². The van der Waals surface area contributed by atoms with Crippen LogP contribution in [0.3, 0.4) is 0 Å². The molecule has 8 heteroatoms. The van der Waals surface area contributed by atoms with Crippen molar-refractivity contribution in [3.05, 3.63) is 35.4 Å².